The Balaban J connectivity index is 2.02. The molecule has 0 radical (unpaired) electrons. The van der Waals surface area contributed by atoms with Gasteiger partial charge in [0.05, 0.1) is 14.2 Å². The van der Waals surface area contributed by atoms with E-state index in [0.717, 1.165) is 44.7 Å². The molecule has 0 atom stereocenters. The summed E-state index contributed by atoms with van der Waals surface area (Å²) in [6.45, 7) is 5.16. The third-order valence-corrected chi connectivity index (χ3v) is 3.49. The number of ether oxygens (including phenoxy) is 2. The molecule has 2 rings (SSSR count). The first kappa shape index (κ1) is 14.0. The minimum absolute atomic E-state index is 0.271. The van der Waals surface area contributed by atoms with Crippen molar-refractivity contribution in [3.05, 3.63) is 17.7 Å². The maximum Gasteiger partial charge on any atom is 0.164 e. The minimum atomic E-state index is 0.271. The molecule has 2 N–H and O–H groups in total. The number of hydrogen-bond acceptors (Lipinski definition) is 5. The van der Waals surface area contributed by atoms with Crippen LogP contribution in [-0.4, -0.2) is 56.9 Å². The summed E-state index contributed by atoms with van der Waals surface area (Å²) in [7, 11) is 3.17. The Hall–Kier alpha value is -1.46. The number of nitrogens with one attached hydrogen (secondary N) is 1. The number of benzene rings is 1. The number of rotatable bonds is 5. The molecule has 0 spiro atoms. The number of phenols is 1. The fourth-order valence-electron chi connectivity index (χ4n) is 2.32. The van der Waals surface area contributed by atoms with Crippen molar-refractivity contribution in [3.63, 3.8) is 0 Å². The predicted molar refractivity (Wildman–Crippen MR) is 74.2 cm³/mol. The van der Waals surface area contributed by atoms with Gasteiger partial charge in [0.1, 0.15) is 5.75 Å². The van der Waals surface area contributed by atoms with Crippen molar-refractivity contribution in [1.29, 1.82) is 0 Å². The summed E-state index contributed by atoms with van der Waals surface area (Å²) in [6.07, 6.45) is 0.812. The fourth-order valence-corrected chi connectivity index (χ4v) is 2.32. The third-order valence-electron chi connectivity index (χ3n) is 3.49. The van der Waals surface area contributed by atoms with Gasteiger partial charge in [-0.2, -0.15) is 0 Å². The van der Waals surface area contributed by atoms with E-state index in [1.54, 1.807) is 20.3 Å². The van der Waals surface area contributed by atoms with E-state index >= 15 is 0 Å². The molecule has 5 nitrogen and oxygen atoms in total. The topological polar surface area (TPSA) is 54.0 Å². The van der Waals surface area contributed by atoms with E-state index in [-0.39, 0.29) is 5.75 Å². The van der Waals surface area contributed by atoms with E-state index in [0.29, 0.717) is 11.5 Å². The number of aromatic hydroxyl groups is 1. The fraction of sp³-hybridized carbons (Fsp3) is 0.571. The van der Waals surface area contributed by atoms with Crippen LogP contribution in [-0.2, 0) is 6.42 Å². The molecule has 0 aliphatic carbocycles. The molecule has 0 aromatic heterocycles. The van der Waals surface area contributed by atoms with E-state index in [1.165, 1.54) is 0 Å². The molecular weight excluding hydrogens is 244 g/mol. The second-order valence-electron chi connectivity index (χ2n) is 4.68. The zero-order valence-electron chi connectivity index (χ0n) is 11.6. The molecule has 1 fully saturated rings. The van der Waals surface area contributed by atoms with Crippen molar-refractivity contribution in [2.45, 2.75) is 6.42 Å². The summed E-state index contributed by atoms with van der Waals surface area (Å²) >= 11 is 0. The zero-order chi connectivity index (χ0) is 13.7. The lowest BCUT2D eigenvalue weighted by Crippen LogP contribution is -2.44. The number of methoxy groups -OCH3 is 2. The van der Waals surface area contributed by atoms with Crippen LogP contribution >= 0.6 is 0 Å². The van der Waals surface area contributed by atoms with Gasteiger partial charge in [-0.05, 0) is 18.1 Å². The van der Waals surface area contributed by atoms with Crippen molar-refractivity contribution >= 4 is 0 Å². The smallest absolute Gasteiger partial charge is 0.164 e. The van der Waals surface area contributed by atoms with Gasteiger partial charge in [0, 0.05) is 38.8 Å². The third kappa shape index (κ3) is 3.52. The average molecular weight is 266 g/mol. The van der Waals surface area contributed by atoms with Gasteiger partial charge in [0.25, 0.3) is 0 Å². The Labute approximate surface area is 114 Å². The van der Waals surface area contributed by atoms with Crippen molar-refractivity contribution in [2.75, 3.05) is 46.9 Å². The molecule has 1 aliphatic heterocycles. The summed E-state index contributed by atoms with van der Waals surface area (Å²) in [6, 6.07) is 3.47. The van der Waals surface area contributed by atoms with E-state index < -0.39 is 0 Å². The summed E-state index contributed by atoms with van der Waals surface area (Å²) in [5.41, 5.74) is 0.899. The van der Waals surface area contributed by atoms with E-state index in [4.69, 9.17) is 9.47 Å². The van der Waals surface area contributed by atoms with Gasteiger partial charge in [0.15, 0.2) is 11.5 Å². The second kappa shape index (κ2) is 6.63. The maximum atomic E-state index is 10.0. The Morgan fingerprint density at radius 1 is 1.16 bits per heavy atom. The molecule has 0 amide bonds. The molecule has 1 aromatic carbocycles. The normalized spacial score (nSPS) is 16.3. The molecule has 1 aromatic rings. The molecule has 0 bridgehead atoms. The van der Waals surface area contributed by atoms with Crippen LogP contribution in [0.4, 0.5) is 0 Å². The highest BCUT2D eigenvalue weighted by Crippen LogP contribution is 2.34. The van der Waals surface area contributed by atoms with Crippen LogP contribution in [0.1, 0.15) is 5.56 Å². The summed E-state index contributed by atoms with van der Waals surface area (Å²) in [5, 5.41) is 13.3. The average Bonchev–Trinajstić information content (AvgIpc) is 2.46. The largest absolute Gasteiger partial charge is 0.508 e. The lowest BCUT2D eigenvalue weighted by molar-refractivity contribution is 0.243. The van der Waals surface area contributed by atoms with Crippen LogP contribution in [0, 0.1) is 0 Å². The van der Waals surface area contributed by atoms with Gasteiger partial charge in [-0.25, -0.2) is 0 Å². The van der Waals surface area contributed by atoms with Crippen LogP contribution in [0.25, 0.3) is 0 Å². The summed E-state index contributed by atoms with van der Waals surface area (Å²) in [5.74, 6) is 1.49. The lowest BCUT2D eigenvalue weighted by atomic mass is 10.1. The van der Waals surface area contributed by atoms with E-state index in [1.807, 2.05) is 6.07 Å². The van der Waals surface area contributed by atoms with Crippen LogP contribution < -0.4 is 14.8 Å². The van der Waals surface area contributed by atoms with E-state index in [9.17, 15) is 5.11 Å². The molecule has 0 unspecified atom stereocenters. The first-order valence-corrected chi connectivity index (χ1v) is 6.61. The minimum Gasteiger partial charge on any atom is -0.508 e. The molecule has 0 saturated carbocycles. The van der Waals surface area contributed by atoms with Crippen LogP contribution in [0.5, 0.6) is 17.2 Å². The van der Waals surface area contributed by atoms with Crippen molar-refractivity contribution in [1.82, 2.24) is 10.2 Å². The summed E-state index contributed by atoms with van der Waals surface area (Å²) < 4.78 is 10.4. The highest BCUT2D eigenvalue weighted by Gasteiger charge is 2.13. The molecule has 1 heterocycles. The second-order valence-corrected chi connectivity index (χ2v) is 4.68. The van der Waals surface area contributed by atoms with Crippen LogP contribution in [0.3, 0.4) is 0 Å². The maximum absolute atomic E-state index is 10.0. The first-order valence-electron chi connectivity index (χ1n) is 6.61. The molecule has 1 saturated heterocycles. The monoisotopic (exact) mass is 266 g/mol. The molecule has 106 valence electrons. The van der Waals surface area contributed by atoms with Crippen molar-refractivity contribution in [2.24, 2.45) is 0 Å². The van der Waals surface area contributed by atoms with Crippen molar-refractivity contribution in [3.8, 4) is 17.2 Å². The van der Waals surface area contributed by atoms with Gasteiger partial charge >= 0.3 is 0 Å². The zero-order valence-corrected chi connectivity index (χ0v) is 11.6. The standard InChI is InChI=1S/C14H22N2O3/c1-18-13-9-11(12(17)10-14(13)19-2)3-6-16-7-4-15-5-8-16/h9-10,15,17H,3-8H2,1-2H3. The Bertz CT molecular complexity index is 417. The highest BCUT2D eigenvalue weighted by molar-refractivity contribution is 5.50. The number of hydrogen-bond donors (Lipinski definition) is 2. The number of phenolic OH excluding ortho intramolecular Hbond substituents is 1. The van der Waals surface area contributed by atoms with Gasteiger partial charge in [-0.3, -0.25) is 0 Å². The Kier molecular flexibility index (Phi) is 4.87. The quantitative estimate of drug-likeness (QED) is 0.828. The number of nitrogens with zero attached hydrogens (tertiary/aromatic N) is 1. The van der Waals surface area contributed by atoms with Crippen LogP contribution in [0.15, 0.2) is 12.1 Å². The van der Waals surface area contributed by atoms with Gasteiger partial charge in [0.2, 0.25) is 0 Å². The summed E-state index contributed by atoms with van der Waals surface area (Å²) in [4.78, 5) is 2.40. The lowest BCUT2D eigenvalue weighted by Gasteiger charge is -2.27. The molecular formula is C14H22N2O3. The van der Waals surface area contributed by atoms with E-state index in [2.05, 4.69) is 10.2 Å². The Morgan fingerprint density at radius 3 is 2.42 bits per heavy atom. The molecule has 19 heavy (non-hydrogen) atoms. The molecule has 5 heteroatoms. The SMILES string of the molecule is COc1cc(O)c(CCN2CCNCC2)cc1OC. The van der Waals surface area contributed by atoms with Crippen molar-refractivity contribution < 1.29 is 14.6 Å². The Morgan fingerprint density at radius 2 is 1.79 bits per heavy atom. The van der Waals surface area contributed by atoms with Gasteiger partial charge < -0.3 is 24.8 Å². The highest BCUT2D eigenvalue weighted by atomic mass is 16.5. The van der Waals surface area contributed by atoms with Crippen LogP contribution in [0.2, 0.25) is 0 Å². The van der Waals surface area contributed by atoms with Gasteiger partial charge in [-0.15, -0.1) is 0 Å². The van der Waals surface area contributed by atoms with Gasteiger partial charge in [-0.1, -0.05) is 0 Å². The first-order chi connectivity index (χ1) is 9.24. The predicted octanol–water partition coefficient (Wildman–Crippen LogP) is 0.857. The number of piperazine rings is 1. The molecule has 1 aliphatic rings.